The predicted octanol–water partition coefficient (Wildman–Crippen LogP) is 4.78. The van der Waals surface area contributed by atoms with Crippen LogP contribution in [0.1, 0.15) is 43.0 Å². The van der Waals surface area contributed by atoms with Crippen molar-refractivity contribution < 1.29 is 23.1 Å². The minimum absolute atomic E-state index is 0.0431. The van der Waals surface area contributed by atoms with Crippen LogP contribution in [0.15, 0.2) is 48.7 Å². The third-order valence-electron chi connectivity index (χ3n) is 6.08. The first-order valence-electron chi connectivity index (χ1n) is 11.4. The molecule has 1 aliphatic carbocycles. The van der Waals surface area contributed by atoms with Crippen LogP contribution in [0.2, 0.25) is 0 Å². The SMILES string of the molecule is C[C@@H](OC(=O)Nc1ccc(-c2ccnnc2CCC(N)=O)c(Cc2ccccc2F)c1F)C1CC1. The van der Waals surface area contributed by atoms with Crippen LogP contribution in [0.3, 0.4) is 0 Å². The molecule has 2 amide bonds. The molecule has 1 aliphatic rings. The van der Waals surface area contributed by atoms with Crippen molar-refractivity contribution >= 4 is 17.7 Å². The van der Waals surface area contributed by atoms with Gasteiger partial charge in [-0.25, -0.2) is 13.6 Å². The number of carbonyl (C=O) groups excluding carboxylic acids is 2. The number of anilines is 1. The number of carbonyl (C=O) groups is 2. The van der Waals surface area contributed by atoms with Crippen molar-refractivity contribution in [2.45, 2.75) is 45.1 Å². The average molecular weight is 481 g/mol. The van der Waals surface area contributed by atoms with Gasteiger partial charge in [0.05, 0.1) is 17.6 Å². The summed E-state index contributed by atoms with van der Waals surface area (Å²) in [6.45, 7) is 1.81. The second-order valence-corrected chi connectivity index (χ2v) is 8.65. The number of nitrogens with two attached hydrogens (primary N) is 1. The molecule has 9 heteroatoms. The maximum atomic E-state index is 15.8. The zero-order chi connectivity index (χ0) is 24.9. The van der Waals surface area contributed by atoms with E-state index in [1.54, 1.807) is 30.3 Å². The number of amides is 2. The van der Waals surface area contributed by atoms with Crippen LogP contribution < -0.4 is 11.1 Å². The molecule has 3 aromatic rings. The first-order valence-corrected chi connectivity index (χ1v) is 11.4. The van der Waals surface area contributed by atoms with Crippen LogP contribution in [-0.4, -0.2) is 28.3 Å². The van der Waals surface area contributed by atoms with Crippen LogP contribution >= 0.6 is 0 Å². The molecule has 35 heavy (non-hydrogen) atoms. The molecule has 1 heterocycles. The Morgan fingerprint density at radius 3 is 2.63 bits per heavy atom. The Balaban J connectivity index is 1.72. The van der Waals surface area contributed by atoms with Gasteiger partial charge in [-0.2, -0.15) is 10.2 Å². The zero-order valence-corrected chi connectivity index (χ0v) is 19.3. The molecule has 182 valence electrons. The zero-order valence-electron chi connectivity index (χ0n) is 19.3. The average Bonchev–Trinajstić information content (AvgIpc) is 3.68. The van der Waals surface area contributed by atoms with E-state index in [9.17, 15) is 14.0 Å². The number of rotatable bonds is 9. The number of primary amides is 1. The van der Waals surface area contributed by atoms with Gasteiger partial charge in [-0.3, -0.25) is 10.1 Å². The molecule has 1 fully saturated rings. The van der Waals surface area contributed by atoms with E-state index in [2.05, 4.69) is 15.5 Å². The van der Waals surface area contributed by atoms with Crippen molar-refractivity contribution in [2.24, 2.45) is 11.7 Å². The van der Waals surface area contributed by atoms with Crippen LogP contribution in [0, 0.1) is 17.6 Å². The summed E-state index contributed by atoms with van der Waals surface area (Å²) in [5, 5.41) is 10.5. The molecule has 1 atom stereocenters. The van der Waals surface area contributed by atoms with Crippen molar-refractivity contribution in [1.29, 1.82) is 0 Å². The minimum Gasteiger partial charge on any atom is -0.446 e. The van der Waals surface area contributed by atoms with Crippen LogP contribution in [-0.2, 0) is 22.4 Å². The monoisotopic (exact) mass is 480 g/mol. The molecule has 0 radical (unpaired) electrons. The standard InChI is InChI=1S/C26H26F2N4O3/c1-15(16-6-7-16)35-26(34)31-23-9-8-18(19-12-13-30-32-22(19)10-11-24(29)33)20(25(23)28)14-17-4-2-3-5-21(17)27/h2-5,8-9,12-13,15-16H,6-7,10-11,14H2,1H3,(H2,29,33)(H,31,34)/t15-/m1/s1. The third kappa shape index (κ3) is 5.98. The van der Waals surface area contributed by atoms with E-state index in [-0.39, 0.29) is 42.2 Å². The highest BCUT2D eigenvalue weighted by atomic mass is 19.1. The summed E-state index contributed by atoms with van der Waals surface area (Å²) in [7, 11) is 0. The lowest BCUT2D eigenvalue weighted by molar-refractivity contribution is -0.118. The lowest BCUT2D eigenvalue weighted by Gasteiger charge is -2.18. The Morgan fingerprint density at radius 1 is 1.14 bits per heavy atom. The van der Waals surface area contributed by atoms with Gasteiger partial charge in [0, 0.05) is 30.4 Å². The maximum absolute atomic E-state index is 15.8. The summed E-state index contributed by atoms with van der Waals surface area (Å²) in [5.74, 6) is -1.35. The second kappa shape index (κ2) is 10.6. The quantitative estimate of drug-likeness (QED) is 0.458. The lowest BCUT2D eigenvalue weighted by atomic mass is 9.92. The Labute approximate surface area is 201 Å². The van der Waals surface area contributed by atoms with Gasteiger partial charge >= 0.3 is 6.09 Å². The van der Waals surface area contributed by atoms with Crippen molar-refractivity contribution in [3.8, 4) is 11.1 Å². The topological polar surface area (TPSA) is 107 Å². The van der Waals surface area contributed by atoms with Gasteiger partial charge in [0.15, 0.2) is 5.82 Å². The van der Waals surface area contributed by atoms with Gasteiger partial charge in [0.25, 0.3) is 0 Å². The first-order chi connectivity index (χ1) is 16.8. The molecule has 0 aliphatic heterocycles. The Hall–Kier alpha value is -3.88. The molecule has 2 aromatic carbocycles. The summed E-state index contributed by atoms with van der Waals surface area (Å²) in [5.41, 5.74) is 7.11. The van der Waals surface area contributed by atoms with E-state index in [1.807, 2.05) is 6.92 Å². The van der Waals surface area contributed by atoms with E-state index in [1.165, 1.54) is 18.3 Å². The molecule has 0 saturated heterocycles. The molecule has 1 aromatic heterocycles. The van der Waals surface area contributed by atoms with Crippen molar-refractivity contribution in [3.05, 3.63) is 77.1 Å². The van der Waals surface area contributed by atoms with Crippen molar-refractivity contribution in [2.75, 3.05) is 5.32 Å². The highest BCUT2D eigenvalue weighted by molar-refractivity contribution is 5.86. The highest BCUT2D eigenvalue weighted by Gasteiger charge is 2.31. The van der Waals surface area contributed by atoms with Gasteiger partial charge in [0.2, 0.25) is 5.91 Å². The fraction of sp³-hybridized carbons (Fsp3) is 0.308. The molecule has 0 spiro atoms. The van der Waals surface area contributed by atoms with E-state index >= 15 is 4.39 Å². The van der Waals surface area contributed by atoms with Crippen LogP contribution in [0.4, 0.5) is 19.3 Å². The number of halogens is 2. The van der Waals surface area contributed by atoms with Crippen LogP contribution in [0.5, 0.6) is 0 Å². The number of ether oxygens (including phenoxy) is 1. The molecule has 0 bridgehead atoms. The van der Waals surface area contributed by atoms with E-state index in [4.69, 9.17) is 10.5 Å². The van der Waals surface area contributed by atoms with Crippen LogP contribution in [0.25, 0.3) is 11.1 Å². The molecule has 3 N–H and O–H groups in total. The summed E-state index contributed by atoms with van der Waals surface area (Å²) >= 11 is 0. The predicted molar refractivity (Wildman–Crippen MR) is 126 cm³/mol. The number of nitrogens with zero attached hydrogens (tertiary/aromatic N) is 2. The van der Waals surface area contributed by atoms with E-state index < -0.39 is 23.6 Å². The Morgan fingerprint density at radius 2 is 1.91 bits per heavy atom. The molecule has 1 saturated carbocycles. The van der Waals surface area contributed by atoms with E-state index in [0.717, 1.165) is 12.8 Å². The maximum Gasteiger partial charge on any atom is 0.411 e. The summed E-state index contributed by atoms with van der Waals surface area (Å²) in [6.07, 6.45) is 2.63. The molecule has 7 nitrogen and oxygen atoms in total. The second-order valence-electron chi connectivity index (χ2n) is 8.65. The first kappa shape index (κ1) is 24.3. The lowest BCUT2D eigenvalue weighted by Crippen LogP contribution is -2.22. The molecular weight excluding hydrogens is 454 g/mol. The molecule has 4 rings (SSSR count). The Kier molecular flexibility index (Phi) is 7.33. The van der Waals surface area contributed by atoms with Gasteiger partial charge < -0.3 is 10.5 Å². The fourth-order valence-electron chi connectivity index (χ4n) is 3.98. The summed E-state index contributed by atoms with van der Waals surface area (Å²) < 4.78 is 35.7. The highest BCUT2D eigenvalue weighted by Crippen LogP contribution is 2.35. The normalized spacial score (nSPS) is 13.8. The van der Waals surface area contributed by atoms with Crippen molar-refractivity contribution in [3.63, 3.8) is 0 Å². The number of hydrogen-bond donors (Lipinski definition) is 2. The van der Waals surface area contributed by atoms with Gasteiger partial charge in [0.1, 0.15) is 11.9 Å². The smallest absolute Gasteiger partial charge is 0.411 e. The largest absolute Gasteiger partial charge is 0.446 e. The number of benzene rings is 2. The summed E-state index contributed by atoms with van der Waals surface area (Å²) in [4.78, 5) is 23.7. The van der Waals surface area contributed by atoms with Crippen molar-refractivity contribution in [1.82, 2.24) is 10.2 Å². The number of aryl methyl sites for hydroxylation is 1. The third-order valence-corrected chi connectivity index (χ3v) is 6.08. The minimum atomic E-state index is -0.749. The Bertz CT molecular complexity index is 1250. The molecular formula is C26H26F2N4O3. The number of nitrogens with one attached hydrogen (secondary N) is 1. The van der Waals surface area contributed by atoms with Gasteiger partial charge in [-0.15, -0.1) is 0 Å². The molecule has 0 unspecified atom stereocenters. The van der Waals surface area contributed by atoms with E-state index in [0.29, 0.717) is 22.7 Å². The number of aromatic nitrogens is 2. The van der Waals surface area contributed by atoms with Gasteiger partial charge in [-0.05, 0) is 55.0 Å². The fourth-order valence-corrected chi connectivity index (χ4v) is 3.98. The summed E-state index contributed by atoms with van der Waals surface area (Å²) in [6, 6.07) is 10.8. The number of hydrogen-bond acceptors (Lipinski definition) is 5. The van der Waals surface area contributed by atoms with Gasteiger partial charge in [-0.1, -0.05) is 24.3 Å².